The number of alkyl halides is 3. The monoisotopic (exact) mass is 385 g/mol. The van der Waals surface area contributed by atoms with Crippen LogP contribution in [-0.4, -0.2) is 10.2 Å². The number of fused-ring (bicyclic) bond motifs is 1. The molecular formula is C20H14F3N3O2. The molecule has 4 aromatic rings. The number of furan rings is 1. The number of H-pyrrole nitrogens is 1. The molecule has 2 aromatic heterocycles. The van der Waals surface area contributed by atoms with E-state index in [1.54, 1.807) is 42.5 Å². The number of aromatic nitrogens is 2. The minimum atomic E-state index is -4.41. The summed E-state index contributed by atoms with van der Waals surface area (Å²) in [4.78, 5) is 11.8. The molecule has 5 nitrogen and oxygen atoms in total. The Kier molecular flexibility index (Phi) is 4.38. The molecule has 4 rings (SSSR count). The van der Waals surface area contributed by atoms with Gasteiger partial charge in [-0.15, -0.1) is 0 Å². The molecule has 0 saturated carbocycles. The van der Waals surface area contributed by atoms with Crippen LogP contribution in [0.3, 0.4) is 0 Å². The first kappa shape index (κ1) is 17.8. The van der Waals surface area contributed by atoms with Crippen LogP contribution in [-0.2, 0) is 12.7 Å². The topological polar surface area (TPSA) is 70.9 Å². The molecule has 2 heterocycles. The van der Waals surface area contributed by atoms with Gasteiger partial charge in [0.2, 0.25) is 0 Å². The molecule has 142 valence electrons. The fourth-order valence-corrected chi connectivity index (χ4v) is 2.90. The summed E-state index contributed by atoms with van der Waals surface area (Å²) in [5.74, 6) is 1.33. The summed E-state index contributed by atoms with van der Waals surface area (Å²) in [5, 5.41) is 10.7. The molecule has 0 aliphatic heterocycles. The molecule has 0 saturated heterocycles. The van der Waals surface area contributed by atoms with E-state index < -0.39 is 11.7 Å². The van der Waals surface area contributed by atoms with Crippen molar-refractivity contribution < 1.29 is 17.6 Å². The molecule has 28 heavy (non-hydrogen) atoms. The molecule has 0 unspecified atom stereocenters. The van der Waals surface area contributed by atoms with Gasteiger partial charge in [-0.1, -0.05) is 30.3 Å². The fourth-order valence-electron chi connectivity index (χ4n) is 2.90. The predicted octanol–water partition coefficient (Wildman–Crippen LogP) is 4.81. The first-order valence-corrected chi connectivity index (χ1v) is 8.39. The van der Waals surface area contributed by atoms with Gasteiger partial charge in [0.25, 0.3) is 5.56 Å². The van der Waals surface area contributed by atoms with Gasteiger partial charge in [0.1, 0.15) is 11.5 Å². The summed E-state index contributed by atoms with van der Waals surface area (Å²) >= 11 is 0. The molecule has 0 amide bonds. The molecule has 0 spiro atoms. The SMILES string of the molecule is O=c1[nH]nc(NCc2ccc(-c3cccc(C(F)(F)F)c3)o2)c2ccccc12. The molecule has 0 aliphatic carbocycles. The van der Waals surface area contributed by atoms with Crippen LogP contribution >= 0.6 is 0 Å². The smallest absolute Gasteiger partial charge is 0.416 e. The number of anilines is 1. The molecule has 0 fully saturated rings. The van der Waals surface area contributed by atoms with Crippen molar-refractivity contribution >= 4 is 16.6 Å². The molecule has 0 radical (unpaired) electrons. The number of nitrogens with one attached hydrogen (secondary N) is 2. The third kappa shape index (κ3) is 3.48. The van der Waals surface area contributed by atoms with E-state index in [0.717, 1.165) is 12.1 Å². The highest BCUT2D eigenvalue weighted by atomic mass is 19.4. The standard InChI is InChI=1S/C20H14F3N3O2/c21-20(22,23)13-5-3-4-12(10-13)17-9-8-14(28-17)11-24-18-15-6-1-2-7-16(15)19(27)26-25-18/h1-10H,11H2,(H,24,25)(H,26,27). The Bertz CT molecular complexity index is 1190. The Hall–Kier alpha value is -3.55. The van der Waals surface area contributed by atoms with Crippen molar-refractivity contribution in [2.75, 3.05) is 5.32 Å². The van der Waals surface area contributed by atoms with Gasteiger partial charge in [-0.05, 0) is 30.3 Å². The van der Waals surface area contributed by atoms with Gasteiger partial charge in [-0.3, -0.25) is 4.79 Å². The number of hydrogen-bond donors (Lipinski definition) is 2. The highest BCUT2D eigenvalue weighted by Crippen LogP contribution is 2.32. The maximum absolute atomic E-state index is 12.9. The number of nitrogens with zero attached hydrogens (tertiary/aromatic N) is 1. The number of aromatic amines is 1. The van der Waals surface area contributed by atoms with Gasteiger partial charge in [0.15, 0.2) is 5.82 Å². The van der Waals surface area contributed by atoms with Crippen molar-refractivity contribution in [3.8, 4) is 11.3 Å². The third-order valence-corrected chi connectivity index (χ3v) is 4.26. The van der Waals surface area contributed by atoms with E-state index in [9.17, 15) is 18.0 Å². The Balaban J connectivity index is 1.55. The number of halogens is 3. The second kappa shape index (κ2) is 6.88. The lowest BCUT2D eigenvalue weighted by Gasteiger charge is -2.08. The van der Waals surface area contributed by atoms with Crippen LogP contribution in [0.1, 0.15) is 11.3 Å². The zero-order valence-electron chi connectivity index (χ0n) is 14.4. The second-order valence-corrected chi connectivity index (χ2v) is 6.14. The van der Waals surface area contributed by atoms with Gasteiger partial charge in [0, 0.05) is 10.9 Å². The molecule has 2 aromatic carbocycles. The summed E-state index contributed by atoms with van der Waals surface area (Å²) in [7, 11) is 0. The van der Waals surface area contributed by atoms with Crippen LogP contribution in [0.4, 0.5) is 19.0 Å². The maximum Gasteiger partial charge on any atom is 0.416 e. The highest BCUT2D eigenvalue weighted by molar-refractivity contribution is 5.90. The van der Waals surface area contributed by atoms with Gasteiger partial charge >= 0.3 is 6.18 Å². The Morgan fingerprint density at radius 3 is 2.57 bits per heavy atom. The molecule has 0 atom stereocenters. The predicted molar refractivity (Wildman–Crippen MR) is 98.8 cm³/mol. The first-order valence-electron chi connectivity index (χ1n) is 8.39. The van der Waals surface area contributed by atoms with Crippen LogP contribution in [0.15, 0.2) is 69.9 Å². The van der Waals surface area contributed by atoms with E-state index in [1.165, 1.54) is 6.07 Å². The zero-order chi connectivity index (χ0) is 19.7. The van der Waals surface area contributed by atoms with Crippen molar-refractivity contribution in [1.29, 1.82) is 0 Å². The van der Waals surface area contributed by atoms with Crippen LogP contribution < -0.4 is 10.9 Å². The molecule has 2 N–H and O–H groups in total. The summed E-state index contributed by atoms with van der Waals surface area (Å²) in [6, 6.07) is 15.3. The summed E-state index contributed by atoms with van der Waals surface area (Å²) < 4.78 is 44.3. The van der Waals surface area contributed by atoms with Crippen molar-refractivity contribution in [3.05, 3.63) is 82.3 Å². The lowest BCUT2D eigenvalue weighted by Crippen LogP contribution is -2.11. The van der Waals surface area contributed by atoms with Gasteiger partial charge < -0.3 is 9.73 Å². The van der Waals surface area contributed by atoms with Crippen molar-refractivity contribution in [2.24, 2.45) is 0 Å². The Morgan fingerprint density at radius 1 is 1.00 bits per heavy atom. The maximum atomic E-state index is 12.9. The van der Waals surface area contributed by atoms with Crippen LogP contribution in [0.5, 0.6) is 0 Å². The van der Waals surface area contributed by atoms with E-state index in [1.807, 2.05) is 0 Å². The highest BCUT2D eigenvalue weighted by Gasteiger charge is 2.30. The number of benzene rings is 2. The second-order valence-electron chi connectivity index (χ2n) is 6.14. The molecule has 8 heteroatoms. The van der Waals surface area contributed by atoms with E-state index in [4.69, 9.17) is 4.42 Å². The minimum Gasteiger partial charge on any atom is -0.459 e. The van der Waals surface area contributed by atoms with Crippen LogP contribution in [0.25, 0.3) is 22.1 Å². The van der Waals surface area contributed by atoms with E-state index in [-0.39, 0.29) is 12.1 Å². The summed E-state index contributed by atoms with van der Waals surface area (Å²) in [6.45, 7) is 0.252. The quantitative estimate of drug-likeness (QED) is 0.529. The van der Waals surface area contributed by atoms with E-state index >= 15 is 0 Å². The average molecular weight is 385 g/mol. The van der Waals surface area contributed by atoms with Crippen molar-refractivity contribution in [3.63, 3.8) is 0 Å². The fraction of sp³-hybridized carbons (Fsp3) is 0.100. The summed E-state index contributed by atoms with van der Waals surface area (Å²) in [6.07, 6.45) is -4.41. The summed E-state index contributed by atoms with van der Waals surface area (Å²) in [5.41, 5.74) is -0.676. The van der Waals surface area contributed by atoms with Gasteiger partial charge in [0.05, 0.1) is 17.5 Å². The first-order chi connectivity index (χ1) is 13.4. The van der Waals surface area contributed by atoms with Gasteiger partial charge in [-0.25, -0.2) is 5.10 Å². The number of hydrogen-bond acceptors (Lipinski definition) is 4. The normalized spacial score (nSPS) is 11.7. The van der Waals surface area contributed by atoms with E-state index in [0.29, 0.717) is 33.7 Å². The third-order valence-electron chi connectivity index (χ3n) is 4.26. The number of rotatable bonds is 4. The molecule has 0 aliphatic rings. The Morgan fingerprint density at radius 2 is 1.79 bits per heavy atom. The largest absolute Gasteiger partial charge is 0.459 e. The van der Waals surface area contributed by atoms with Crippen molar-refractivity contribution in [2.45, 2.75) is 12.7 Å². The van der Waals surface area contributed by atoms with Crippen LogP contribution in [0.2, 0.25) is 0 Å². The molecule has 0 bridgehead atoms. The van der Waals surface area contributed by atoms with Gasteiger partial charge in [-0.2, -0.15) is 18.3 Å². The van der Waals surface area contributed by atoms with Crippen LogP contribution in [0, 0.1) is 0 Å². The average Bonchev–Trinajstić information content (AvgIpc) is 3.16. The zero-order valence-corrected chi connectivity index (χ0v) is 14.4. The minimum absolute atomic E-state index is 0.252. The van der Waals surface area contributed by atoms with Crippen molar-refractivity contribution in [1.82, 2.24) is 10.2 Å². The van der Waals surface area contributed by atoms with E-state index in [2.05, 4.69) is 15.5 Å². The lowest BCUT2D eigenvalue weighted by atomic mass is 10.1. The lowest BCUT2D eigenvalue weighted by molar-refractivity contribution is -0.137. The molecular weight excluding hydrogens is 371 g/mol. The Labute approximate surface area is 156 Å².